The maximum absolute atomic E-state index is 14.2. The number of hydrogen-bond acceptors (Lipinski definition) is 10. The molecule has 2 aromatic rings. The van der Waals surface area contributed by atoms with Gasteiger partial charge in [-0.1, -0.05) is 0 Å². The number of likely N-dealkylation sites (tertiary alicyclic amines) is 1. The van der Waals surface area contributed by atoms with Gasteiger partial charge in [0.15, 0.2) is 23.9 Å². The van der Waals surface area contributed by atoms with Gasteiger partial charge in [0.25, 0.3) is 11.8 Å². The second kappa shape index (κ2) is 16.6. The van der Waals surface area contributed by atoms with Gasteiger partial charge in [0.05, 0.1) is 12.3 Å². The van der Waals surface area contributed by atoms with Crippen molar-refractivity contribution in [3.63, 3.8) is 0 Å². The van der Waals surface area contributed by atoms with Gasteiger partial charge in [0, 0.05) is 51.3 Å². The molecule has 51 heavy (non-hydrogen) atoms. The summed E-state index contributed by atoms with van der Waals surface area (Å²) in [5.41, 5.74) is -1.21. The van der Waals surface area contributed by atoms with Crippen LogP contribution in [0.1, 0.15) is 63.9 Å². The van der Waals surface area contributed by atoms with Crippen molar-refractivity contribution in [2.24, 2.45) is 0 Å². The lowest BCUT2D eigenvalue weighted by atomic mass is 10.1. The van der Waals surface area contributed by atoms with E-state index in [0.29, 0.717) is 6.42 Å². The number of piperazine rings is 1. The zero-order valence-electron chi connectivity index (χ0n) is 28.9. The molecular formula is C33H42F2N6O10. The van der Waals surface area contributed by atoms with Crippen LogP contribution in [-0.4, -0.2) is 129 Å². The number of carboxylic acids is 1. The van der Waals surface area contributed by atoms with Crippen LogP contribution in [-0.2, 0) is 28.7 Å². The number of halogens is 2. The van der Waals surface area contributed by atoms with E-state index in [1.165, 1.54) is 9.80 Å². The number of ether oxygens (including phenoxy) is 3. The molecule has 4 rings (SSSR count). The third-order valence-electron chi connectivity index (χ3n) is 8.04. The summed E-state index contributed by atoms with van der Waals surface area (Å²) in [6, 6.07) is 1.63. The molecule has 0 radical (unpaired) electrons. The van der Waals surface area contributed by atoms with E-state index in [9.17, 15) is 42.7 Å². The molecule has 2 fully saturated rings. The van der Waals surface area contributed by atoms with Crippen LogP contribution in [0.3, 0.4) is 0 Å². The fourth-order valence-electron chi connectivity index (χ4n) is 5.61. The summed E-state index contributed by atoms with van der Waals surface area (Å²) >= 11 is 0. The number of rotatable bonds is 12. The number of carboxylic acid groups (broad SMARTS) is 1. The van der Waals surface area contributed by atoms with Crippen LogP contribution < -0.4 is 10.1 Å². The van der Waals surface area contributed by atoms with Crippen molar-refractivity contribution in [3.8, 4) is 11.6 Å². The first-order valence-electron chi connectivity index (χ1n) is 16.5. The Kier molecular flexibility index (Phi) is 12.5. The van der Waals surface area contributed by atoms with E-state index in [-0.39, 0.29) is 75.9 Å². The van der Waals surface area contributed by atoms with E-state index in [1.807, 2.05) is 0 Å². The van der Waals surface area contributed by atoms with E-state index < -0.39 is 71.7 Å². The summed E-state index contributed by atoms with van der Waals surface area (Å²) in [5, 5.41) is 16.2. The molecule has 278 valence electrons. The van der Waals surface area contributed by atoms with Gasteiger partial charge < -0.3 is 39.3 Å². The monoisotopic (exact) mass is 720 g/mol. The summed E-state index contributed by atoms with van der Waals surface area (Å²) in [5.74, 6) is -6.46. The van der Waals surface area contributed by atoms with Crippen LogP contribution >= 0.6 is 0 Å². The van der Waals surface area contributed by atoms with Crippen molar-refractivity contribution in [1.82, 2.24) is 29.8 Å². The molecule has 2 aliphatic heterocycles. The molecule has 0 bridgehead atoms. The number of carbonyl (C=O) groups is 6. The smallest absolute Gasteiger partial charge is 0.409 e. The minimum absolute atomic E-state index is 0.0722. The molecule has 3 heterocycles. The molecule has 16 nitrogen and oxygen atoms in total. The molecular weight excluding hydrogens is 678 g/mol. The predicted molar refractivity (Wildman–Crippen MR) is 173 cm³/mol. The van der Waals surface area contributed by atoms with Crippen LogP contribution in [0.25, 0.3) is 5.69 Å². The van der Waals surface area contributed by atoms with Gasteiger partial charge in [-0.25, -0.2) is 23.1 Å². The Balaban J connectivity index is 1.56. The maximum Gasteiger partial charge on any atom is 0.409 e. The first-order chi connectivity index (χ1) is 24.1. The van der Waals surface area contributed by atoms with Gasteiger partial charge in [0.1, 0.15) is 17.7 Å². The number of amides is 4. The molecule has 18 heteroatoms. The fraction of sp³-hybridized carbons (Fsp3) is 0.545. The van der Waals surface area contributed by atoms with Gasteiger partial charge in [-0.3, -0.25) is 19.2 Å². The zero-order chi connectivity index (χ0) is 37.5. The molecule has 0 spiro atoms. The van der Waals surface area contributed by atoms with Crippen molar-refractivity contribution >= 4 is 35.8 Å². The number of nitrogens with one attached hydrogen (secondary N) is 1. The lowest BCUT2D eigenvalue weighted by Gasteiger charge is -2.36. The van der Waals surface area contributed by atoms with Crippen molar-refractivity contribution in [2.75, 3.05) is 45.9 Å². The second-order valence-electron chi connectivity index (χ2n) is 12.9. The highest BCUT2D eigenvalue weighted by Crippen LogP contribution is 2.23. The van der Waals surface area contributed by atoms with Crippen molar-refractivity contribution < 1.29 is 56.9 Å². The SMILES string of the molecule is CCOC(=O)N1CCN(C(=O)C(CCC(=O)OC(C)(C)C)NC(=O)c2cc(OCC(=O)N3CCCC3C(=O)O)n(-c3ccc(F)c(F)c3)n2)CC1. The number of hydrogen-bond donors (Lipinski definition) is 2. The largest absolute Gasteiger partial charge is 0.480 e. The predicted octanol–water partition coefficient (Wildman–Crippen LogP) is 2.13. The van der Waals surface area contributed by atoms with Crippen molar-refractivity contribution in [3.05, 3.63) is 41.6 Å². The van der Waals surface area contributed by atoms with E-state index >= 15 is 0 Å². The standard InChI is InChI=1S/C33H42F2N6O10/c1-5-49-32(48)39-15-13-38(14-16-39)30(45)23(10-11-28(43)51-33(2,3)4)36-29(44)24-18-27(41(37-24)20-8-9-21(34)22(35)17-20)50-19-26(42)40-12-6-7-25(40)31(46)47/h8-9,17-18,23,25H,5-7,10-16,19H2,1-4H3,(H,36,44)(H,46,47). The Morgan fingerprint density at radius 2 is 1.69 bits per heavy atom. The van der Waals surface area contributed by atoms with Crippen LogP contribution in [0, 0.1) is 11.6 Å². The van der Waals surface area contributed by atoms with Crippen molar-refractivity contribution in [1.29, 1.82) is 0 Å². The number of esters is 1. The highest BCUT2D eigenvalue weighted by Gasteiger charge is 2.35. The molecule has 2 atom stereocenters. The summed E-state index contributed by atoms with van der Waals surface area (Å²) in [6.45, 7) is 7.09. The van der Waals surface area contributed by atoms with E-state index in [2.05, 4.69) is 10.4 Å². The van der Waals surface area contributed by atoms with E-state index in [0.717, 1.165) is 33.8 Å². The number of benzene rings is 1. The minimum atomic E-state index is -1.25. The van der Waals surface area contributed by atoms with Gasteiger partial charge in [0.2, 0.25) is 11.8 Å². The Hall–Kier alpha value is -5.29. The first kappa shape index (κ1) is 38.5. The number of nitrogens with zero attached hydrogens (tertiary/aromatic N) is 5. The average molecular weight is 721 g/mol. The summed E-state index contributed by atoms with van der Waals surface area (Å²) < 4.78 is 45.0. The highest BCUT2D eigenvalue weighted by molar-refractivity contribution is 5.96. The Morgan fingerprint density at radius 3 is 2.31 bits per heavy atom. The Bertz CT molecular complexity index is 1640. The minimum Gasteiger partial charge on any atom is -0.480 e. The van der Waals surface area contributed by atoms with Crippen LogP contribution in [0.15, 0.2) is 24.3 Å². The molecule has 4 amide bonds. The summed E-state index contributed by atoms with van der Waals surface area (Å²) in [7, 11) is 0. The Morgan fingerprint density at radius 1 is 1.00 bits per heavy atom. The molecule has 1 aromatic carbocycles. The third kappa shape index (κ3) is 10.1. The van der Waals surface area contributed by atoms with Crippen LogP contribution in [0.5, 0.6) is 5.88 Å². The molecule has 2 N–H and O–H groups in total. The van der Waals surface area contributed by atoms with Crippen LogP contribution in [0.4, 0.5) is 13.6 Å². The van der Waals surface area contributed by atoms with Crippen LogP contribution in [0.2, 0.25) is 0 Å². The van der Waals surface area contributed by atoms with E-state index in [4.69, 9.17) is 14.2 Å². The Labute approximate surface area is 292 Å². The summed E-state index contributed by atoms with van der Waals surface area (Å²) in [6.07, 6.45) is -0.149. The quantitative estimate of drug-likeness (QED) is 0.306. The first-order valence-corrected chi connectivity index (χ1v) is 16.5. The molecule has 1 aromatic heterocycles. The van der Waals surface area contributed by atoms with Gasteiger partial charge in [-0.2, -0.15) is 5.10 Å². The molecule has 2 saturated heterocycles. The molecule has 2 unspecified atom stereocenters. The number of carbonyl (C=O) groups excluding carboxylic acids is 5. The highest BCUT2D eigenvalue weighted by atomic mass is 19.2. The van der Waals surface area contributed by atoms with Crippen molar-refractivity contribution in [2.45, 2.75) is 71.1 Å². The maximum atomic E-state index is 14.2. The summed E-state index contributed by atoms with van der Waals surface area (Å²) in [4.78, 5) is 80.6. The normalized spacial score (nSPS) is 16.7. The molecule has 0 aliphatic carbocycles. The van der Waals surface area contributed by atoms with Gasteiger partial charge >= 0.3 is 18.0 Å². The average Bonchev–Trinajstić information content (AvgIpc) is 3.74. The lowest BCUT2D eigenvalue weighted by molar-refractivity contribution is -0.155. The third-order valence-corrected chi connectivity index (χ3v) is 8.04. The second-order valence-corrected chi connectivity index (χ2v) is 12.9. The zero-order valence-corrected chi connectivity index (χ0v) is 28.9. The number of aromatic nitrogens is 2. The number of aliphatic carboxylic acids is 1. The van der Waals surface area contributed by atoms with E-state index in [1.54, 1.807) is 27.7 Å². The fourth-order valence-corrected chi connectivity index (χ4v) is 5.61. The topological polar surface area (TPSA) is 190 Å². The molecule has 2 aliphatic rings. The lowest BCUT2D eigenvalue weighted by Crippen LogP contribution is -2.56. The molecule has 0 saturated carbocycles. The van der Waals surface area contributed by atoms with Gasteiger partial charge in [-0.15, -0.1) is 0 Å². The van der Waals surface area contributed by atoms with Gasteiger partial charge in [-0.05, 0) is 59.1 Å².